The zero-order valence-corrected chi connectivity index (χ0v) is 12.5. The summed E-state index contributed by atoms with van der Waals surface area (Å²) in [5, 5.41) is 3.78. The Bertz CT molecular complexity index is 525. The molecule has 2 aromatic rings. The standard InChI is InChI=1S/C13H15BrClN3/c1-2-4-18-5-3-10(9-18)7-16-12-6-11(14)8-17-13(12)15/h3,5-6,8-9,16H,2,4,7H2,1H3. The van der Waals surface area contributed by atoms with Crippen molar-refractivity contribution in [3.05, 3.63) is 45.9 Å². The van der Waals surface area contributed by atoms with Crippen LogP contribution in [0.25, 0.3) is 0 Å². The van der Waals surface area contributed by atoms with Crippen LogP contribution in [-0.4, -0.2) is 9.55 Å². The molecular formula is C13H15BrClN3. The maximum Gasteiger partial charge on any atom is 0.152 e. The number of hydrogen-bond acceptors (Lipinski definition) is 2. The van der Waals surface area contributed by atoms with Crippen LogP contribution >= 0.6 is 27.5 Å². The van der Waals surface area contributed by atoms with E-state index in [1.807, 2.05) is 6.07 Å². The molecule has 2 aromatic heterocycles. The summed E-state index contributed by atoms with van der Waals surface area (Å²) in [7, 11) is 0. The first-order chi connectivity index (χ1) is 8.69. The second-order valence-electron chi connectivity index (χ2n) is 4.10. The van der Waals surface area contributed by atoms with Crippen LogP contribution in [0.4, 0.5) is 5.69 Å². The van der Waals surface area contributed by atoms with Crippen LogP contribution in [0.5, 0.6) is 0 Å². The SMILES string of the molecule is CCCn1ccc(CNc2cc(Br)cnc2Cl)c1. The van der Waals surface area contributed by atoms with Crippen molar-refractivity contribution in [1.29, 1.82) is 0 Å². The summed E-state index contributed by atoms with van der Waals surface area (Å²) in [4.78, 5) is 4.08. The number of rotatable bonds is 5. The summed E-state index contributed by atoms with van der Waals surface area (Å²) in [6, 6.07) is 4.04. The third kappa shape index (κ3) is 3.50. The van der Waals surface area contributed by atoms with E-state index in [0.717, 1.165) is 29.7 Å². The molecule has 0 aliphatic carbocycles. The normalized spacial score (nSPS) is 10.6. The average Bonchev–Trinajstić information content (AvgIpc) is 2.79. The number of anilines is 1. The minimum Gasteiger partial charge on any atom is -0.378 e. The molecular weight excluding hydrogens is 314 g/mol. The summed E-state index contributed by atoms with van der Waals surface area (Å²) >= 11 is 9.40. The quantitative estimate of drug-likeness (QED) is 0.828. The molecule has 0 aliphatic rings. The number of nitrogens with one attached hydrogen (secondary N) is 1. The summed E-state index contributed by atoms with van der Waals surface area (Å²) in [6.45, 7) is 3.97. The molecule has 0 radical (unpaired) electrons. The van der Waals surface area contributed by atoms with Crippen molar-refractivity contribution in [3.8, 4) is 0 Å². The molecule has 0 aromatic carbocycles. The van der Waals surface area contributed by atoms with Crippen molar-refractivity contribution in [3.63, 3.8) is 0 Å². The van der Waals surface area contributed by atoms with Gasteiger partial charge in [-0.15, -0.1) is 0 Å². The molecule has 0 saturated carbocycles. The van der Waals surface area contributed by atoms with Gasteiger partial charge in [-0.25, -0.2) is 4.98 Å². The lowest BCUT2D eigenvalue weighted by Crippen LogP contribution is -2.00. The van der Waals surface area contributed by atoms with Crippen LogP contribution < -0.4 is 5.32 Å². The second kappa shape index (κ2) is 6.25. The molecule has 0 atom stereocenters. The van der Waals surface area contributed by atoms with Gasteiger partial charge in [-0.2, -0.15) is 0 Å². The van der Waals surface area contributed by atoms with E-state index in [1.54, 1.807) is 6.20 Å². The van der Waals surface area contributed by atoms with Gasteiger partial charge in [0.1, 0.15) is 0 Å². The van der Waals surface area contributed by atoms with Crippen LogP contribution in [0.1, 0.15) is 18.9 Å². The fourth-order valence-corrected chi connectivity index (χ4v) is 2.24. The molecule has 0 amide bonds. The van der Waals surface area contributed by atoms with E-state index >= 15 is 0 Å². The zero-order chi connectivity index (χ0) is 13.0. The molecule has 5 heteroatoms. The number of hydrogen-bond donors (Lipinski definition) is 1. The Hall–Kier alpha value is -1.00. The monoisotopic (exact) mass is 327 g/mol. The van der Waals surface area contributed by atoms with E-state index in [2.05, 4.69) is 56.2 Å². The molecule has 0 saturated heterocycles. The molecule has 2 heterocycles. The number of aryl methyl sites for hydroxylation is 1. The van der Waals surface area contributed by atoms with Crippen LogP contribution in [0.2, 0.25) is 5.15 Å². The molecule has 18 heavy (non-hydrogen) atoms. The van der Waals surface area contributed by atoms with Gasteiger partial charge in [0.05, 0.1) is 5.69 Å². The summed E-state index contributed by atoms with van der Waals surface area (Å²) in [5.74, 6) is 0. The summed E-state index contributed by atoms with van der Waals surface area (Å²) in [6.07, 6.45) is 7.07. The third-order valence-electron chi connectivity index (χ3n) is 2.58. The van der Waals surface area contributed by atoms with E-state index in [-0.39, 0.29) is 0 Å². The van der Waals surface area contributed by atoms with Crippen molar-refractivity contribution in [1.82, 2.24) is 9.55 Å². The van der Waals surface area contributed by atoms with E-state index in [4.69, 9.17) is 11.6 Å². The number of aromatic nitrogens is 2. The Kier molecular flexibility index (Phi) is 4.66. The first kappa shape index (κ1) is 13.4. The minimum absolute atomic E-state index is 0.492. The van der Waals surface area contributed by atoms with Gasteiger partial charge in [0.15, 0.2) is 5.15 Å². The maximum absolute atomic E-state index is 6.02. The summed E-state index contributed by atoms with van der Waals surface area (Å²) in [5.41, 5.74) is 2.08. The third-order valence-corrected chi connectivity index (χ3v) is 3.32. The van der Waals surface area contributed by atoms with E-state index in [1.165, 1.54) is 5.56 Å². The first-order valence-electron chi connectivity index (χ1n) is 5.88. The largest absolute Gasteiger partial charge is 0.378 e. The molecule has 1 N–H and O–H groups in total. The number of pyridine rings is 1. The number of halogens is 2. The lowest BCUT2D eigenvalue weighted by atomic mass is 10.3. The fraction of sp³-hybridized carbons (Fsp3) is 0.308. The van der Waals surface area contributed by atoms with Crippen molar-refractivity contribution in [2.45, 2.75) is 26.4 Å². The molecule has 0 bridgehead atoms. The van der Waals surface area contributed by atoms with Gasteiger partial charge in [-0.3, -0.25) is 0 Å². The molecule has 2 rings (SSSR count). The minimum atomic E-state index is 0.492. The van der Waals surface area contributed by atoms with Gasteiger partial charge in [0, 0.05) is 36.2 Å². The lowest BCUT2D eigenvalue weighted by Gasteiger charge is -2.07. The zero-order valence-electron chi connectivity index (χ0n) is 10.2. The number of nitrogens with zero attached hydrogens (tertiary/aromatic N) is 2. The Morgan fingerprint density at radius 2 is 2.33 bits per heavy atom. The fourth-order valence-electron chi connectivity index (χ4n) is 1.74. The van der Waals surface area contributed by atoms with E-state index in [9.17, 15) is 0 Å². The average molecular weight is 329 g/mol. The Balaban J connectivity index is 1.99. The highest BCUT2D eigenvalue weighted by molar-refractivity contribution is 9.10. The van der Waals surface area contributed by atoms with Gasteiger partial charge in [-0.1, -0.05) is 18.5 Å². The second-order valence-corrected chi connectivity index (χ2v) is 5.38. The molecule has 0 spiro atoms. The van der Waals surface area contributed by atoms with Crippen molar-refractivity contribution in [2.75, 3.05) is 5.32 Å². The van der Waals surface area contributed by atoms with Crippen LogP contribution in [0.15, 0.2) is 35.2 Å². The highest BCUT2D eigenvalue weighted by Gasteiger charge is 2.03. The molecule has 0 aliphatic heterocycles. The summed E-state index contributed by atoms with van der Waals surface area (Å²) < 4.78 is 3.11. The Labute approximate surface area is 120 Å². The van der Waals surface area contributed by atoms with Crippen LogP contribution in [-0.2, 0) is 13.1 Å². The predicted molar refractivity (Wildman–Crippen MR) is 79.0 cm³/mol. The molecule has 3 nitrogen and oxygen atoms in total. The molecule has 0 fully saturated rings. The van der Waals surface area contributed by atoms with Crippen molar-refractivity contribution < 1.29 is 0 Å². The van der Waals surface area contributed by atoms with Crippen molar-refractivity contribution in [2.24, 2.45) is 0 Å². The van der Waals surface area contributed by atoms with Crippen molar-refractivity contribution >= 4 is 33.2 Å². The van der Waals surface area contributed by atoms with Gasteiger partial charge < -0.3 is 9.88 Å². The highest BCUT2D eigenvalue weighted by atomic mass is 79.9. The van der Waals surface area contributed by atoms with Gasteiger partial charge in [0.2, 0.25) is 0 Å². The van der Waals surface area contributed by atoms with E-state index in [0.29, 0.717) is 5.15 Å². The van der Waals surface area contributed by atoms with Gasteiger partial charge in [-0.05, 0) is 40.0 Å². The molecule has 0 unspecified atom stereocenters. The smallest absolute Gasteiger partial charge is 0.152 e. The van der Waals surface area contributed by atoms with Gasteiger partial charge in [0.25, 0.3) is 0 Å². The Morgan fingerprint density at radius 3 is 3.11 bits per heavy atom. The maximum atomic E-state index is 6.02. The van der Waals surface area contributed by atoms with Crippen LogP contribution in [0, 0.1) is 0 Å². The van der Waals surface area contributed by atoms with Crippen LogP contribution in [0.3, 0.4) is 0 Å². The predicted octanol–water partition coefficient (Wildman–Crippen LogP) is 4.32. The highest BCUT2D eigenvalue weighted by Crippen LogP contribution is 2.23. The van der Waals surface area contributed by atoms with E-state index < -0.39 is 0 Å². The lowest BCUT2D eigenvalue weighted by molar-refractivity contribution is 0.681. The first-order valence-corrected chi connectivity index (χ1v) is 7.05. The Morgan fingerprint density at radius 1 is 1.50 bits per heavy atom. The molecule has 96 valence electrons. The topological polar surface area (TPSA) is 29.9 Å². The van der Waals surface area contributed by atoms with Gasteiger partial charge >= 0.3 is 0 Å².